The molecule has 4 nitrogen and oxygen atoms in total. The van der Waals surface area contributed by atoms with Gasteiger partial charge in [0.05, 0.1) is 0 Å². The van der Waals surface area contributed by atoms with Crippen LogP contribution in [0.3, 0.4) is 0 Å². The Bertz CT molecular complexity index is 367. The number of hydrogen-bond acceptors (Lipinski definition) is 4. The monoisotopic (exact) mass is 257 g/mol. The first kappa shape index (κ1) is 14.2. The van der Waals surface area contributed by atoms with Crippen LogP contribution in [-0.4, -0.2) is 41.3 Å². The van der Waals surface area contributed by atoms with Gasteiger partial charge in [-0.15, -0.1) is 10.2 Å². The minimum absolute atomic E-state index is 0.443. The van der Waals surface area contributed by atoms with Gasteiger partial charge in [-0.05, 0) is 32.5 Å². The van der Waals surface area contributed by atoms with Crippen molar-refractivity contribution < 1.29 is 4.74 Å². The highest BCUT2D eigenvalue weighted by Crippen LogP contribution is 2.21. The maximum absolute atomic E-state index is 5.88. The molecule has 1 rings (SSSR count). The molecule has 1 heterocycles. The molecule has 0 bridgehead atoms. The summed E-state index contributed by atoms with van der Waals surface area (Å²) in [6.45, 7) is 11.7. The lowest BCUT2D eigenvalue weighted by molar-refractivity contribution is 0.215. The fourth-order valence-electron chi connectivity index (χ4n) is 1.50. The fourth-order valence-corrected chi connectivity index (χ4v) is 1.68. The molecular weight excluding hydrogens is 238 g/mol. The van der Waals surface area contributed by atoms with E-state index in [1.165, 1.54) is 0 Å². The lowest BCUT2D eigenvalue weighted by atomic mass is 10.2. The van der Waals surface area contributed by atoms with Crippen molar-refractivity contribution in [1.29, 1.82) is 0 Å². The van der Waals surface area contributed by atoms with Gasteiger partial charge in [0, 0.05) is 12.1 Å². The van der Waals surface area contributed by atoms with Gasteiger partial charge >= 0.3 is 0 Å². The first-order valence-corrected chi connectivity index (χ1v) is 6.32. The largest absolute Gasteiger partial charge is 0.475 e. The highest BCUT2D eigenvalue weighted by atomic mass is 35.5. The summed E-state index contributed by atoms with van der Waals surface area (Å²) in [7, 11) is 0. The lowest BCUT2D eigenvalue weighted by Crippen LogP contribution is -2.28. The van der Waals surface area contributed by atoms with E-state index in [4.69, 9.17) is 16.3 Å². The lowest BCUT2D eigenvalue weighted by Gasteiger charge is -2.18. The molecule has 0 aliphatic carbocycles. The predicted octanol–water partition coefficient (Wildman–Crippen LogP) is 2.47. The van der Waals surface area contributed by atoms with E-state index in [1.807, 2.05) is 13.8 Å². The first-order valence-electron chi connectivity index (χ1n) is 5.94. The van der Waals surface area contributed by atoms with Gasteiger partial charge in [0.25, 0.3) is 0 Å². The van der Waals surface area contributed by atoms with Gasteiger partial charge < -0.3 is 9.64 Å². The molecule has 0 atom stereocenters. The number of hydrogen-bond donors (Lipinski definition) is 0. The summed E-state index contributed by atoms with van der Waals surface area (Å²) in [5, 5.41) is 8.26. The van der Waals surface area contributed by atoms with Crippen LogP contribution in [0.4, 0.5) is 0 Å². The standard InChI is InChI=1S/C12H20ClN3O/c1-5-16(6-2)7-8-17-12-10(4)9(3)11(13)14-15-12/h5-8H2,1-4H3. The average molecular weight is 258 g/mol. The Morgan fingerprint density at radius 3 is 2.35 bits per heavy atom. The molecule has 1 aromatic heterocycles. The van der Waals surface area contributed by atoms with Crippen molar-refractivity contribution in [2.24, 2.45) is 0 Å². The third kappa shape index (κ3) is 3.82. The van der Waals surface area contributed by atoms with Gasteiger partial charge in [0.15, 0.2) is 5.15 Å². The minimum Gasteiger partial charge on any atom is -0.475 e. The molecule has 0 aliphatic rings. The summed E-state index contributed by atoms with van der Waals surface area (Å²) >= 11 is 5.88. The van der Waals surface area contributed by atoms with Crippen molar-refractivity contribution in [2.45, 2.75) is 27.7 Å². The Hall–Kier alpha value is -0.870. The van der Waals surface area contributed by atoms with Crippen LogP contribution < -0.4 is 4.74 Å². The summed E-state index contributed by atoms with van der Waals surface area (Å²) in [5.41, 5.74) is 1.89. The molecule has 0 aromatic carbocycles. The van der Waals surface area contributed by atoms with Crippen LogP contribution in [0.15, 0.2) is 0 Å². The molecule has 1 aromatic rings. The smallest absolute Gasteiger partial charge is 0.236 e. The van der Waals surface area contributed by atoms with Crippen molar-refractivity contribution >= 4 is 11.6 Å². The Balaban J connectivity index is 2.55. The fraction of sp³-hybridized carbons (Fsp3) is 0.667. The maximum Gasteiger partial charge on any atom is 0.236 e. The van der Waals surface area contributed by atoms with Crippen LogP contribution in [0.5, 0.6) is 5.88 Å². The third-order valence-corrected chi connectivity index (χ3v) is 3.32. The summed E-state index contributed by atoms with van der Waals surface area (Å²) in [4.78, 5) is 2.30. The second-order valence-electron chi connectivity index (χ2n) is 3.92. The van der Waals surface area contributed by atoms with Crippen molar-refractivity contribution in [2.75, 3.05) is 26.2 Å². The van der Waals surface area contributed by atoms with Crippen molar-refractivity contribution in [3.8, 4) is 5.88 Å². The van der Waals surface area contributed by atoms with Crippen LogP contribution in [0, 0.1) is 13.8 Å². The van der Waals surface area contributed by atoms with Crippen LogP contribution in [0.25, 0.3) is 0 Å². The van der Waals surface area contributed by atoms with Crippen LogP contribution >= 0.6 is 11.6 Å². The Labute approximate surface area is 108 Å². The van der Waals surface area contributed by atoms with Gasteiger partial charge in [-0.2, -0.15) is 0 Å². The zero-order valence-corrected chi connectivity index (χ0v) is 11.7. The van der Waals surface area contributed by atoms with E-state index in [0.717, 1.165) is 30.8 Å². The molecule has 17 heavy (non-hydrogen) atoms. The number of rotatable bonds is 6. The normalized spacial score (nSPS) is 10.9. The molecule has 5 heteroatoms. The van der Waals surface area contributed by atoms with Crippen molar-refractivity contribution in [3.63, 3.8) is 0 Å². The quantitative estimate of drug-likeness (QED) is 0.785. The SMILES string of the molecule is CCN(CC)CCOc1nnc(Cl)c(C)c1C. The van der Waals surface area contributed by atoms with E-state index in [1.54, 1.807) is 0 Å². The number of ether oxygens (including phenoxy) is 1. The van der Waals surface area contributed by atoms with Gasteiger partial charge in [0.1, 0.15) is 6.61 Å². The molecule has 0 spiro atoms. The van der Waals surface area contributed by atoms with Crippen LogP contribution in [0.2, 0.25) is 5.15 Å². The minimum atomic E-state index is 0.443. The van der Waals surface area contributed by atoms with Crippen LogP contribution in [0.1, 0.15) is 25.0 Å². The van der Waals surface area contributed by atoms with Crippen molar-refractivity contribution in [1.82, 2.24) is 15.1 Å². The van der Waals surface area contributed by atoms with Gasteiger partial charge in [-0.3, -0.25) is 0 Å². The molecule has 0 fully saturated rings. The molecule has 96 valence electrons. The van der Waals surface area contributed by atoms with E-state index in [0.29, 0.717) is 17.6 Å². The zero-order chi connectivity index (χ0) is 12.8. The molecule has 0 saturated carbocycles. The van der Waals surface area contributed by atoms with Crippen LogP contribution in [-0.2, 0) is 0 Å². The highest BCUT2D eigenvalue weighted by Gasteiger charge is 2.09. The number of aromatic nitrogens is 2. The molecular formula is C12H20ClN3O. The molecule has 0 unspecified atom stereocenters. The molecule has 0 radical (unpaired) electrons. The second kappa shape index (κ2) is 6.77. The maximum atomic E-state index is 5.88. The molecule has 0 saturated heterocycles. The van der Waals surface area contributed by atoms with Gasteiger partial charge in [-0.25, -0.2) is 0 Å². The number of halogens is 1. The van der Waals surface area contributed by atoms with E-state index in [2.05, 4.69) is 28.9 Å². The topological polar surface area (TPSA) is 38.2 Å². The first-order chi connectivity index (χ1) is 8.10. The Kier molecular flexibility index (Phi) is 5.65. The Morgan fingerprint density at radius 1 is 1.12 bits per heavy atom. The molecule has 0 amide bonds. The van der Waals surface area contributed by atoms with E-state index in [-0.39, 0.29) is 0 Å². The molecule has 0 aliphatic heterocycles. The van der Waals surface area contributed by atoms with E-state index in [9.17, 15) is 0 Å². The van der Waals surface area contributed by atoms with E-state index >= 15 is 0 Å². The number of nitrogens with zero attached hydrogens (tertiary/aromatic N) is 3. The van der Waals surface area contributed by atoms with Gasteiger partial charge in [-0.1, -0.05) is 25.4 Å². The Morgan fingerprint density at radius 2 is 1.76 bits per heavy atom. The summed E-state index contributed by atoms with van der Waals surface area (Å²) in [5.74, 6) is 0.582. The predicted molar refractivity (Wildman–Crippen MR) is 69.8 cm³/mol. The van der Waals surface area contributed by atoms with Crippen molar-refractivity contribution in [3.05, 3.63) is 16.3 Å². The summed E-state index contributed by atoms with van der Waals surface area (Å²) in [6, 6.07) is 0. The third-order valence-electron chi connectivity index (χ3n) is 2.96. The molecule has 0 N–H and O–H groups in total. The summed E-state index contributed by atoms with van der Waals surface area (Å²) in [6.07, 6.45) is 0. The zero-order valence-electron chi connectivity index (χ0n) is 11.0. The van der Waals surface area contributed by atoms with E-state index < -0.39 is 0 Å². The average Bonchev–Trinajstić information content (AvgIpc) is 2.34. The second-order valence-corrected chi connectivity index (χ2v) is 4.28. The number of likely N-dealkylation sites (N-methyl/N-ethyl adjacent to an activating group) is 1. The highest BCUT2D eigenvalue weighted by molar-refractivity contribution is 6.30. The summed E-state index contributed by atoms with van der Waals surface area (Å²) < 4.78 is 5.63. The van der Waals surface area contributed by atoms with Gasteiger partial charge in [0.2, 0.25) is 5.88 Å².